The Balaban J connectivity index is 1.94. The third-order valence-electron chi connectivity index (χ3n) is 3.33. The summed E-state index contributed by atoms with van der Waals surface area (Å²) in [4.78, 5) is 11.1. The summed E-state index contributed by atoms with van der Waals surface area (Å²) in [6.07, 6.45) is 0. The normalized spacial score (nSPS) is 10.5. The Morgan fingerprint density at radius 2 is 1.76 bits per heavy atom. The number of aromatic carboxylic acids is 1. The average Bonchev–Trinajstić information content (AvgIpc) is 2.53. The Bertz CT molecular complexity index is 779. The van der Waals surface area contributed by atoms with Crippen molar-refractivity contribution in [3.05, 3.63) is 77.9 Å². The van der Waals surface area contributed by atoms with Gasteiger partial charge in [-0.3, -0.25) is 0 Å². The summed E-state index contributed by atoms with van der Waals surface area (Å²) in [6.45, 7) is 0.456. The van der Waals surface area contributed by atoms with E-state index in [2.05, 4.69) is 0 Å². The van der Waals surface area contributed by atoms with Crippen molar-refractivity contribution in [2.75, 3.05) is 0 Å². The van der Waals surface area contributed by atoms with Crippen molar-refractivity contribution in [3.8, 4) is 5.75 Å². The Kier molecular flexibility index (Phi) is 3.56. The summed E-state index contributed by atoms with van der Waals surface area (Å²) in [5, 5.41) is 10.9. The second-order valence-electron chi connectivity index (χ2n) is 4.77. The number of carbonyl (C=O) groups is 1. The van der Waals surface area contributed by atoms with Crippen LogP contribution in [0.25, 0.3) is 10.8 Å². The molecule has 0 unspecified atom stereocenters. The number of rotatable bonds is 4. The van der Waals surface area contributed by atoms with E-state index in [1.807, 2.05) is 48.5 Å². The van der Waals surface area contributed by atoms with E-state index in [1.54, 1.807) is 18.2 Å². The molecule has 0 saturated carbocycles. The molecule has 3 aromatic carbocycles. The summed E-state index contributed by atoms with van der Waals surface area (Å²) >= 11 is 0. The Morgan fingerprint density at radius 3 is 2.52 bits per heavy atom. The number of hydrogen-bond acceptors (Lipinski definition) is 2. The van der Waals surface area contributed by atoms with Gasteiger partial charge in [-0.15, -0.1) is 0 Å². The predicted octanol–water partition coefficient (Wildman–Crippen LogP) is 4.12. The van der Waals surface area contributed by atoms with Crippen molar-refractivity contribution in [2.45, 2.75) is 6.61 Å². The van der Waals surface area contributed by atoms with E-state index in [0.29, 0.717) is 12.4 Å². The first-order chi connectivity index (χ1) is 10.2. The van der Waals surface area contributed by atoms with Crippen LogP contribution in [0.3, 0.4) is 0 Å². The first-order valence-electron chi connectivity index (χ1n) is 6.67. The molecule has 21 heavy (non-hydrogen) atoms. The number of hydrogen-bond donors (Lipinski definition) is 1. The molecule has 0 fully saturated rings. The van der Waals surface area contributed by atoms with Crippen LogP contribution in [0.15, 0.2) is 66.7 Å². The minimum Gasteiger partial charge on any atom is -0.488 e. The zero-order valence-electron chi connectivity index (χ0n) is 11.3. The minimum atomic E-state index is -0.935. The third kappa shape index (κ3) is 2.87. The zero-order chi connectivity index (χ0) is 14.7. The first-order valence-corrected chi connectivity index (χ1v) is 6.67. The summed E-state index contributed by atoms with van der Waals surface area (Å²) in [5.74, 6) is -0.241. The smallest absolute Gasteiger partial charge is 0.335 e. The maximum absolute atomic E-state index is 11.1. The Hall–Kier alpha value is -2.81. The van der Waals surface area contributed by atoms with Gasteiger partial charge >= 0.3 is 5.97 Å². The highest BCUT2D eigenvalue weighted by atomic mass is 16.5. The monoisotopic (exact) mass is 278 g/mol. The van der Waals surface area contributed by atoms with Gasteiger partial charge in [-0.25, -0.2) is 4.79 Å². The molecule has 0 spiro atoms. The molecule has 3 aromatic rings. The molecule has 0 aliphatic heterocycles. The summed E-state index contributed by atoms with van der Waals surface area (Å²) in [7, 11) is 0. The van der Waals surface area contributed by atoms with Crippen molar-refractivity contribution < 1.29 is 14.6 Å². The van der Waals surface area contributed by atoms with E-state index in [4.69, 9.17) is 9.84 Å². The average molecular weight is 278 g/mol. The highest BCUT2D eigenvalue weighted by Crippen LogP contribution is 2.27. The van der Waals surface area contributed by atoms with E-state index in [9.17, 15) is 4.79 Å². The van der Waals surface area contributed by atoms with Gasteiger partial charge in [0.1, 0.15) is 12.4 Å². The van der Waals surface area contributed by atoms with E-state index >= 15 is 0 Å². The molecule has 3 rings (SSSR count). The van der Waals surface area contributed by atoms with Crippen LogP contribution in [0, 0.1) is 0 Å². The maximum atomic E-state index is 11.1. The van der Waals surface area contributed by atoms with Crippen LogP contribution in [0.4, 0.5) is 0 Å². The maximum Gasteiger partial charge on any atom is 0.335 e. The third-order valence-corrected chi connectivity index (χ3v) is 3.33. The number of ether oxygens (including phenoxy) is 1. The number of carboxylic acid groups (broad SMARTS) is 1. The van der Waals surface area contributed by atoms with E-state index < -0.39 is 5.97 Å². The number of benzene rings is 3. The molecule has 0 radical (unpaired) electrons. The minimum absolute atomic E-state index is 0.262. The van der Waals surface area contributed by atoms with Crippen molar-refractivity contribution in [2.24, 2.45) is 0 Å². The summed E-state index contributed by atoms with van der Waals surface area (Å²) in [5.41, 5.74) is 1.34. The van der Waals surface area contributed by atoms with Gasteiger partial charge in [0.25, 0.3) is 0 Å². The van der Waals surface area contributed by atoms with Crippen molar-refractivity contribution in [1.29, 1.82) is 0 Å². The van der Waals surface area contributed by atoms with Crippen LogP contribution < -0.4 is 4.74 Å². The van der Waals surface area contributed by atoms with Crippen LogP contribution in [0.2, 0.25) is 0 Å². The van der Waals surface area contributed by atoms with Crippen LogP contribution in [-0.4, -0.2) is 11.1 Å². The molecule has 0 aliphatic carbocycles. The fourth-order valence-electron chi connectivity index (χ4n) is 2.24. The topological polar surface area (TPSA) is 46.5 Å². The fourth-order valence-corrected chi connectivity index (χ4v) is 2.24. The van der Waals surface area contributed by atoms with Crippen LogP contribution >= 0.6 is 0 Å². The van der Waals surface area contributed by atoms with Gasteiger partial charge in [-0.05, 0) is 29.1 Å². The van der Waals surface area contributed by atoms with Gasteiger partial charge in [-0.1, -0.05) is 48.5 Å². The van der Waals surface area contributed by atoms with Gasteiger partial charge in [-0.2, -0.15) is 0 Å². The van der Waals surface area contributed by atoms with Crippen molar-refractivity contribution >= 4 is 16.7 Å². The molecular weight excluding hydrogens is 264 g/mol. The predicted molar refractivity (Wildman–Crippen MR) is 81.7 cm³/mol. The van der Waals surface area contributed by atoms with Gasteiger partial charge in [0, 0.05) is 5.39 Å². The lowest BCUT2D eigenvalue weighted by Crippen LogP contribution is -1.98. The molecule has 0 atom stereocenters. The lowest BCUT2D eigenvalue weighted by Gasteiger charge is -2.10. The number of fused-ring (bicyclic) bond motifs is 1. The molecule has 0 heterocycles. The van der Waals surface area contributed by atoms with Crippen molar-refractivity contribution in [3.63, 3.8) is 0 Å². The van der Waals surface area contributed by atoms with Crippen molar-refractivity contribution in [1.82, 2.24) is 0 Å². The summed E-state index contributed by atoms with van der Waals surface area (Å²) < 4.78 is 5.85. The molecule has 0 aromatic heterocycles. The second kappa shape index (κ2) is 5.67. The van der Waals surface area contributed by atoms with E-state index in [1.165, 1.54) is 0 Å². The molecule has 0 saturated heterocycles. The van der Waals surface area contributed by atoms with Gasteiger partial charge in [0.05, 0.1) is 5.56 Å². The molecule has 1 N–H and O–H groups in total. The largest absolute Gasteiger partial charge is 0.488 e. The second-order valence-corrected chi connectivity index (χ2v) is 4.77. The van der Waals surface area contributed by atoms with Crippen LogP contribution in [-0.2, 0) is 6.61 Å². The van der Waals surface area contributed by atoms with E-state index in [0.717, 1.165) is 16.3 Å². The summed E-state index contributed by atoms with van der Waals surface area (Å²) in [6, 6.07) is 20.6. The van der Waals surface area contributed by atoms with Gasteiger partial charge in [0.2, 0.25) is 0 Å². The lowest BCUT2D eigenvalue weighted by molar-refractivity contribution is 0.0697. The highest BCUT2D eigenvalue weighted by molar-refractivity contribution is 5.96. The molecule has 0 aliphatic rings. The number of carboxylic acids is 1. The van der Waals surface area contributed by atoms with Gasteiger partial charge in [0.15, 0.2) is 0 Å². The molecule has 3 heteroatoms. The van der Waals surface area contributed by atoms with E-state index in [-0.39, 0.29) is 5.56 Å². The molecule has 0 bridgehead atoms. The quantitative estimate of drug-likeness (QED) is 0.781. The van der Waals surface area contributed by atoms with Crippen LogP contribution in [0.5, 0.6) is 5.75 Å². The Labute approximate surface area is 122 Å². The zero-order valence-corrected chi connectivity index (χ0v) is 11.3. The molecule has 3 nitrogen and oxygen atoms in total. The first kappa shape index (κ1) is 13.2. The van der Waals surface area contributed by atoms with Crippen LogP contribution in [0.1, 0.15) is 15.9 Å². The molecular formula is C18H14O3. The molecule has 104 valence electrons. The SMILES string of the molecule is O=C(O)c1ccc2cccc(OCc3ccccc3)c2c1. The standard InChI is InChI=1S/C18H14O3/c19-18(20)15-10-9-14-7-4-8-17(16(14)11-15)21-12-13-5-2-1-3-6-13/h1-11H,12H2,(H,19,20). The lowest BCUT2D eigenvalue weighted by atomic mass is 10.1. The van der Waals surface area contributed by atoms with Gasteiger partial charge < -0.3 is 9.84 Å². The highest BCUT2D eigenvalue weighted by Gasteiger charge is 2.07. The fraction of sp³-hybridized carbons (Fsp3) is 0.0556. The molecule has 0 amide bonds. The Morgan fingerprint density at radius 1 is 0.952 bits per heavy atom.